The summed E-state index contributed by atoms with van der Waals surface area (Å²) in [5.74, 6) is -1.12. The predicted molar refractivity (Wildman–Crippen MR) is 138 cm³/mol. The summed E-state index contributed by atoms with van der Waals surface area (Å²) < 4.78 is 16.1. The fourth-order valence-corrected chi connectivity index (χ4v) is 3.65. The van der Waals surface area contributed by atoms with Crippen LogP contribution in [0.25, 0.3) is 0 Å². The number of carbonyl (C=O) groups excluding carboxylic acids is 3. The zero-order chi connectivity index (χ0) is 27.7. The van der Waals surface area contributed by atoms with E-state index < -0.39 is 35.9 Å². The standard InChI is InChI=1S/C27H33N3O8/c1-27(2,3)38-26(35)30-20(24(32)33)15-18-11-12-21-19(14-18)29-23(31)22(37-21)10-7-13-28-25(34)36-16-17-8-5-4-6-9-17/h4-6,8-9,11-12,14,20,22H,7,10,13,15-16H2,1-3H3,(H,28,34)(H,29,31)(H,30,35)(H,32,33)/t20-,22+/m0/s1. The third-order valence-corrected chi connectivity index (χ3v) is 5.42. The molecule has 2 atom stereocenters. The van der Waals surface area contributed by atoms with Gasteiger partial charge in [0.05, 0.1) is 5.69 Å². The Hall–Kier alpha value is -4.28. The second kappa shape index (κ2) is 12.8. The van der Waals surface area contributed by atoms with Gasteiger partial charge >= 0.3 is 18.2 Å². The first kappa shape index (κ1) is 28.3. The normalized spacial score (nSPS) is 15.2. The number of aliphatic carboxylic acids is 1. The predicted octanol–water partition coefficient (Wildman–Crippen LogP) is 3.61. The minimum absolute atomic E-state index is 0.0206. The number of ether oxygens (including phenoxy) is 3. The van der Waals surface area contributed by atoms with Crippen molar-refractivity contribution in [2.45, 2.75) is 64.4 Å². The molecule has 0 bridgehead atoms. The molecule has 2 aromatic carbocycles. The smallest absolute Gasteiger partial charge is 0.408 e. The highest BCUT2D eigenvalue weighted by atomic mass is 16.6. The van der Waals surface area contributed by atoms with E-state index in [1.165, 1.54) is 0 Å². The number of hydrogen-bond donors (Lipinski definition) is 4. The van der Waals surface area contributed by atoms with Crippen molar-refractivity contribution in [1.82, 2.24) is 10.6 Å². The summed E-state index contributed by atoms with van der Waals surface area (Å²) in [6.07, 6.45) is -1.28. The van der Waals surface area contributed by atoms with E-state index in [-0.39, 0.29) is 18.9 Å². The Morgan fingerprint density at radius 3 is 2.50 bits per heavy atom. The lowest BCUT2D eigenvalue weighted by Gasteiger charge is -2.26. The molecule has 0 radical (unpaired) electrons. The average Bonchev–Trinajstić information content (AvgIpc) is 2.84. The highest BCUT2D eigenvalue weighted by Gasteiger charge is 2.29. The van der Waals surface area contributed by atoms with Gasteiger partial charge < -0.3 is 35.3 Å². The van der Waals surface area contributed by atoms with E-state index in [9.17, 15) is 24.3 Å². The van der Waals surface area contributed by atoms with Crippen LogP contribution in [-0.4, -0.2) is 53.5 Å². The molecule has 0 aliphatic carbocycles. The van der Waals surface area contributed by atoms with Gasteiger partial charge in [0.25, 0.3) is 5.91 Å². The van der Waals surface area contributed by atoms with Gasteiger partial charge in [-0.05, 0) is 56.9 Å². The Morgan fingerprint density at radius 1 is 1.08 bits per heavy atom. The maximum Gasteiger partial charge on any atom is 0.408 e. The van der Waals surface area contributed by atoms with Crippen LogP contribution >= 0.6 is 0 Å². The molecule has 0 aromatic heterocycles. The monoisotopic (exact) mass is 527 g/mol. The van der Waals surface area contributed by atoms with Crippen LogP contribution in [0, 0.1) is 0 Å². The van der Waals surface area contributed by atoms with Gasteiger partial charge in [-0.2, -0.15) is 0 Å². The van der Waals surface area contributed by atoms with E-state index in [1.807, 2.05) is 30.3 Å². The third kappa shape index (κ3) is 8.99. The lowest BCUT2D eigenvalue weighted by atomic mass is 10.0. The van der Waals surface area contributed by atoms with Crippen LogP contribution in [0.2, 0.25) is 0 Å². The molecule has 0 spiro atoms. The number of nitrogens with one attached hydrogen (secondary N) is 3. The van der Waals surface area contributed by atoms with Crippen LogP contribution in [0.1, 0.15) is 44.7 Å². The van der Waals surface area contributed by atoms with Gasteiger partial charge in [0.2, 0.25) is 0 Å². The molecule has 0 saturated carbocycles. The van der Waals surface area contributed by atoms with E-state index in [0.29, 0.717) is 36.4 Å². The molecule has 2 aromatic rings. The first-order valence-corrected chi connectivity index (χ1v) is 12.3. The second-order valence-corrected chi connectivity index (χ2v) is 9.80. The number of carbonyl (C=O) groups is 4. The first-order valence-electron chi connectivity index (χ1n) is 12.3. The Balaban J connectivity index is 1.46. The van der Waals surface area contributed by atoms with Crippen LogP contribution in [-0.2, 0) is 32.1 Å². The Bertz CT molecular complexity index is 1150. The van der Waals surface area contributed by atoms with Gasteiger partial charge in [-0.25, -0.2) is 14.4 Å². The SMILES string of the molecule is CC(C)(C)OC(=O)N[C@@H](Cc1ccc2c(c1)NC(=O)[C@@H](CCCNC(=O)OCc1ccccc1)O2)C(=O)O. The van der Waals surface area contributed by atoms with Gasteiger partial charge in [0.15, 0.2) is 6.10 Å². The zero-order valence-corrected chi connectivity index (χ0v) is 21.6. The highest BCUT2D eigenvalue weighted by molar-refractivity contribution is 5.97. The molecular formula is C27H33N3O8. The number of fused-ring (bicyclic) bond motifs is 1. The number of rotatable bonds is 10. The summed E-state index contributed by atoms with van der Waals surface area (Å²) >= 11 is 0. The van der Waals surface area contributed by atoms with Crippen molar-refractivity contribution in [3.05, 3.63) is 59.7 Å². The van der Waals surface area contributed by atoms with Gasteiger partial charge in [0.1, 0.15) is 24.0 Å². The lowest BCUT2D eigenvalue weighted by Crippen LogP contribution is -2.44. The van der Waals surface area contributed by atoms with E-state index in [2.05, 4.69) is 16.0 Å². The number of hydrogen-bond acceptors (Lipinski definition) is 7. The van der Waals surface area contributed by atoms with Crippen LogP contribution < -0.4 is 20.7 Å². The molecular weight excluding hydrogens is 494 g/mol. The maximum atomic E-state index is 12.5. The van der Waals surface area contributed by atoms with Crippen molar-refractivity contribution >= 4 is 29.8 Å². The maximum absolute atomic E-state index is 12.5. The molecule has 3 amide bonds. The number of carboxylic acids is 1. The molecule has 11 nitrogen and oxygen atoms in total. The van der Waals surface area contributed by atoms with E-state index in [1.54, 1.807) is 39.0 Å². The second-order valence-electron chi connectivity index (χ2n) is 9.80. The molecule has 0 fully saturated rings. The van der Waals surface area contributed by atoms with Crippen molar-refractivity contribution in [1.29, 1.82) is 0 Å². The molecule has 38 heavy (non-hydrogen) atoms. The Morgan fingerprint density at radius 2 is 1.82 bits per heavy atom. The fraction of sp³-hybridized carbons (Fsp3) is 0.407. The van der Waals surface area contributed by atoms with Crippen molar-refractivity contribution < 1.29 is 38.5 Å². The third-order valence-electron chi connectivity index (χ3n) is 5.42. The summed E-state index contributed by atoms with van der Waals surface area (Å²) in [5.41, 5.74) is 1.11. The van der Waals surface area contributed by atoms with E-state index >= 15 is 0 Å². The summed E-state index contributed by atoms with van der Waals surface area (Å²) in [7, 11) is 0. The number of anilines is 1. The fourth-order valence-electron chi connectivity index (χ4n) is 3.65. The molecule has 1 aliphatic heterocycles. The minimum atomic E-state index is -1.22. The Labute approximate surface area is 220 Å². The van der Waals surface area contributed by atoms with Crippen LogP contribution in [0.5, 0.6) is 5.75 Å². The van der Waals surface area contributed by atoms with Crippen LogP contribution in [0.15, 0.2) is 48.5 Å². The van der Waals surface area contributed by atoms with E-state index in [0.717, 1.165) is 5.56 Å². The minimum Gasteiger partial charge on any atom is -0.480 e. The topological polar surface area (TPSA) is 152 Å². The molecule has 11 heteroatoms. The number of amides is 3. The van der Waals surface area contributed by atoms with Gasteiger partial charge in [-0.1, -0.05) is 36.4 Å². The highest BCUT2D eigenvalue weighted by Crippen LogP contribution is 2.32. The molecule has 3 rings (SSSR count). The van der Waals surface area contributed by atoms with Gasteiger partial charge in [0, 0.05) is 13.0 Å². The Kier molecular flexibility index (Phi) is 9.53. The molecule has 0 unspecified atom stereocenters. The average molecular weight is 528 g/mol. The number of carboxylic acid groups (broad SMARTS) is 1. The van der Waals surface area contributed by atoms with Crippen molar-refractivity contribution in [3.8, 4) is 5.75 Å². The van der Waals surface area contributed by atoms with Crippen molar-refractivity contribution in [2.24, 2.45) is 0 Å². The number of benzene rings is 2. The lowest BCUT2D eigenvalue weighted by molar-refractivity contribution is -0.139. The summed E-state index contributed by atoms with van der Waals surface area (Å²) in [4.78, 5) is 48.1. The summed E-state index contributed by atoms with van der Waals surface area (Å²) in [6.45, 7) is 5.52. The summed E-state index contributed by atoms with van der Waals surface area (Å²) in [6, 6.07) is 13.0. The summed E-state index contributed by atoms with van der Waals surface area (Å²) in [5, 5.41) is 17.3. The molecule has 1 aliphatic rings. The molecule has 4 N–H and O–H groups in total. The molecule has 204 valence electrons. The quantitative estimate of drug-likeness (QED) is 0.342. The first-order chi connectivity index (χ1) is 18.0. The largest absolute Gasteiger partial charge is 0.480 e. The van der Waals surface area contributed by atoms with Crippen LogP contribution in [0.3, 0.4) is 0 Å². The van der Waals surface area contributed by atoms with E-state index in [4.69, 9.17) is 14.2 Å². The van der Waals surface area contributed by atoms with Gasteiger partial charge in [-0.15, -0.1) is 0 Å². The number of alkyl carbamates (subject to hydrolysis) is 2. The molecule has 1 heterocycles. The van der Waals surface area contributed by atoms with Gasteiger partial charge in [-0.3, -0.25) is 4.79 Å². The zero-order valence-electron chi connectivity index (χ0n) is 21.6. The van der Waals surface area contributed by atoms with Crippen LogP contribution in [0.4, 0.5) is 15.3 Å². The van der Waals surface area contributed by atoms with Crippen molar-refractivity contribution in [3.63, 3.8) is 0 Å². The molecule has 0 saturated heterocycles. The van der Waals surface area contributed by atoms with Crippen molar-refractivity contribution in [2.75, 3.05) is 11.9 Å².